The number of rotatable bonds is 4. The molecule has 1 saturated heterocycles. The lowest BCUT2D eigenvalue weighted by molar-refractivity contribution is -0.120. The van der Waals surface area contributed by atoms with Gasteiger partial charge in [-0.2, -0.15) is 0 Å². The van der Waals surface area contributed by atoms with E-state index in [0.717, 1.165) is 32.1 Å². The molecule has 1 aliphatic rings. The molecule has 0 bridgehead atoms. The average molecular weight is 299 g/mol. The van der Waals surface area contributed by atoms with E-state index in [2.05, 4.69) is 5.32 Å². The van der Waals surface area contributed by atoms with Crippen LogP contribution < -0.4 is 5.32 Å². The highest BCUT2D eigenvalue weighted by atomic mass is 35.5. The normalized spacial score (nSPS) is 19.6. The number of nitrogens with one attached hydrogen (secondary N) is 1. The Balaban J connectivity index is 1.94. The predicted octanol–water partition coefficient (Wildman–Crippen LogP) is 2.47. The summed E-state index contributed by atoms with van der Waals surface area (Å²) in [5, 5.41) is 2.62. The van der Waals surface area contributed by atoms with Gasteiger partial charge < -0.3 is 10.1 Å². The van der Waals surface area contributed by atoms with E-state index >= 15 is 0 Å². The number of aldehydes is 1. The van der Waals surface area contributed by atoms with Gasteiger partial charge in [-0.15, -0.1) is 0 Å². The van der Waals surface area contributed by atoms with Crippen molar-refractivity contribution in [2.75, 3.05) is 18.4 Å². The Kier molecular flexibility index (Phi) is 5.09. The molecule has 0 radical (unpaired) electrons. The van der Waals surface area contributed by atoms with Crippen molar-refractivity contribution in [1.82, 2.24) is 4.90 Å². The third-order valence-corrected chi connectivity index (χ3v) is 3.66. The van der Waals surface area contributed by atoms with Crippen LogP contribution in [0.5, 0.6) is 0 Å². The van der Waals surface area contributed by atoms with Gasteiger partial charge >= 0.3 is 0 Å². The summed E-state index contributed by atoms with van der Waals surface area (Å²) in [6.07, 6.45) is 3.68. The van der Waals surface area contributed by atoms with Gasteiger partial charge in [0.15, 0.2) is 0 Å². The highest BCUT2D eigenvalue weighted by molar-refractivity contribution is 6.31. The summed E-state index contributed by atoms with van der Waals surface area (Å²) in [6, 6.07) is 3.83. The Morgan fingerprint density at radius 3 is 3.00 bits per heavy atom. The van der Waals surface area contributed by atoms with Crippen LogP contribution in [0, 0.1) is 5.82 Å². The number of hydrogen-bond donors (Lipinski definition) is 1. The molecule has 1 aliphatic heterocycles. The number of carbonyl (C=O) groups is 2. The van der Waals surface area contributed by atoms with E-state index in [1.54, 1.807) is 0 Å². The van der Waals surface area contributed by atoms with Gasteiger partial charge in [-0.25, -0.2) is 4.39 Å². The summed E-state index contributed by atoms with van der Waals surface area (Å²) in [5.41, 5.74) is 0.445. The standard InChI is InChI=1S/C14H16ClFN2O2/c15-12-7-10(4-5-13(12)16)17-14(20)8-18-6-2-1-3-11(18)9-19/h4-5,7,9,11H,1-3,6,8H2,(H,17,20). The van der Waals surface area contributed by atoms with Crippen molar-refractivity contribution < 1.29 is 14.0 Å². The minimum Gasteiger partial charge on any atom is -0.325 e. The largest absolute Gasteiger partial charge is 0.325 e. The van der Waals surface area contributed by atoms with Crippen molar-refractivity contribution >= 4 is 29.5 Å². The van der Waals surface area contributed by atoms with Gasteiger partial charge in [-0.05, 0) is 37.6 Å². The fraction of sp³-hybridized carbons (Fsp3) is 0.429. The number of nitrogens with zero attached hydrogens (tertiary/aromatic N) is 1. The highest BCUT2D eigenvalue weighted by Gasteiger charge is 2.23. The third kappa shape index (κ3) is 3.77. The summed E-state index contributed by atoms with van der Waals surface area (Å²) in [7, 11) is 0. The van der Waals surface area contributed by atoms with Crippen LogP contribution in [-0.2, 0) is 9.59 Å². The number of anilines is 1. The minimum absolute atomic E-state index is 0.0356. The first-order valence-corrected chi connectivity index (χ1v) is 6.92. The Bertz CT molecular complexity index is 510. The van der Waals surface area contributed by atoms with Crippen LogP contribution in [-0.4, -0.2) is 36.2 Å². The fourth-order valence-corrected chi connectivity index (χ4v) is 2.51. The molecule has 1 aromatic rings. The first-order chi connectivity index (χ1) is 9.60. The molecule has 4 nitrogen and oxygen atoms in total. The molecule has 1 N–H and O–H groups in total. The van der Waals surface area contributed by atoms with Gasteiger partial charge in [0.2, 0.25) is 5.91 Å². The lowest BCUT2D eigenvalue weighted by Crippen LogP contribution is -2.44. The maximum Gasteiger partial charge on any atom is 0.238 e. The molecular formula is C14H16ClFN2O2. The Morgan fingerprint density at radius 1 is 1.50 bits per heavy atom. The first-order valence-electron chi connectivity index (χ1n) is 6.54. The van der Waals surface area contributed by atoms with Gasteiger partial charge in [0, 0.05) is 5.69 Å². The molecule has 6 heteroatoms. The van der Waals surface area contributed by atoms with Crippen LogP contribution in [0.1, 0.15) is 19.3 Å². The first kappa shape index (κ1) is 14.9. The molecule has 1 amide bonds. The second kappa shape index (κ2) is 6.81. The molecule has 1 heterocycles. The lowest BCUT2D eigenvalue weighted by Gasteiger charge is -2.31. The molecule has 1 aromatic carbocycles. The average Bonchev–Trinajstić information content (AvgIpc) is 2.43. The van der Waals surface area contributed by atoms with Crippen molar-refractivity contribution in [2.45, 2.75) is 25.3 Å². The maximum atomic E-state index is 13.0. The number of amides is 1. The number of likely N-dealkylation sites (tertiary alicyclic amines) is 1. The smallest absolute Gasteiger partial charge is 0.238 e. The van der Waals surface area contributed by atoms with E-state index in [1.807, 2.05) is 4.90 Å². The number of hydrogen-bond acceptors (Lipinski definition) is 3. The second-order valence-corrected chi connectivity index (χ2v) is 5.25. The monoisotopic (exact) mass is 298 g/mol. The Labute approximate surface area is 121 Å². The van der Waals surface area contributed by atoms with E-state index < -0.39 is 5.82 Å². The van der Waals surface area contributed by atoms with E-state index in [4.69, 9.17) is 11.6 Å². The van der Waals surface area contributed by atoms with Crippen molar-refractivity contribution in [2.24, 2.45) is 0 Å². The molecule has 0 saturated carbocycles. The zero-order chi connectivity index (χ0) is 14.5. The fourth-order valence-electron chi connectivity index (χ4n) is 2.33. The van der Waals surface area contributed by atoms with Crippen molar-refractivity contribution in [3.63, 3.8) is 0 Å². The second-order valence-electron chi connectivity index (χ2n) is 4.85. The molecule has 0 aromatic heterocycles. The Morgan fingerprint density at radius 2 is 2.30 bits per heavy atom. The van der Waals surface area contributed by atoms with E-state index in [-0.39, 0.29) is 23.5 Å². The van der Waals surface area contributed by atoms with Gasteiger partial charge in [0.1, 0.15) is 12.1 Å². The molecular weight excluding hydrogens is 283 g/mol. The molecule has 0 spiro atoms. The molecule has 20 heavy (non-hydrogen) atoms. The quantitative estimate of drug-likeness (QED) is 0.869. The maximum absolute atomic E-state index is 13.0. The highest BCUT2D eigenvalue weighted by Crippen LogP contribution is 2.20. The molecule has 1 atom stereocenters. The van der Waals surface area contributed by atoms with Crippen LogP contribution >= 0.6 is 11.6 Å². The van der Waals surface area contributed by atoms with Gasteiger partial charge in [0.25, 0.3) is 0 Å². The van der Waals surface area contributed by atoms with Crippen LogP contribution in [0.2, 0.25) is 5.02 Å². The summed E-state index contributed by atoms with van der Waals surface area (Å²) < 4.78 is 13.0. The number of piperidine rings is 1. The van der Waals surface area contributed by atoms with Crippen molar-refractivity contribution in [3.05, 3.63) is 29.0 Å². The molecule has 0 aliphatic carbocycles. The van der Waals surface area contributed by atoms with E-state index in [9.17, 15) is 14.0 Å². The Hall–Kier alpha value is -1.46. The van der Waals surface area contributed by atoms with Crippen LogP contribution in [0.15, 0.2) is 18.2 Å². The SMILES string of the molecule is O=CC1CCCCN1CC(=O)Nc1ccc(F)c(Cl)c1. The third-order valence-electron chi connectivity index (χ3n) is 3.37. The summed E-state index contributed by atoms with van der Waals surface area (Å²) >= 11 is 5.65. The summed E-state index contributed by atoms with van der Waals surface area (Å²) in [6.45, 7) is 0.888. The van der Waals surface area contributed by atoms with Gasteiger partial charge in [-0.3, -0.25) is 9.69 Å². The number of carbonyl (C=O) groups excluding carboxylic acids is 2. The van der Waals surface area contributed by atoms with Gasteiger partial charge in [-0.1, -0.05) is 18.0 Å². The topological polar surface area (TPSA) is 49.4 Å². The predicted molar refractivity (Wildman–Crippen MR) is 75.3 cm³/mol. The number of benzene rings is 1. The summed E-state index contributed by atoms with van der Waals surface area (Å²) in [5.74, 6) is -0.761. The number of halogens is 2. The molecule has 108 valence electrons. The zero-order valence-electron chi connectivity index (χ0n) is 10.9. The van der Waals surface area contributed by atoms with Crippen LogP contribution in [0.3, 0.4) is 0 Å². The molecule has 1 unspecified atom stereocenters. The lowest BCUT2D eigenvalue weighted by atomic mass is 10.0. The zero-order valence-corrected chi connectivity index (χ0v) is 11.7. The van der Waals surface area contributed by atoms with Gasteiger partial charge in [0.05, 0.1) is 17.6 Å². The van der Waals surface area contributed by atoms with E-state index in [1.165, 1.54) is 18.2 Å². The summed E-state index contributed by atoms with van der Waals surface area (Å²) in [4.78, 5) is 24.8. The molecule has 2 rings (SSSR count). The van der Waals surface area contributed by atoms with Crippen LogP contribution in [0.4, 0.5) is 10.1 Å². The minimum atomic E-state index is -0.526. The van der Waals surface area contributed by atoms with Crippen LogP contribution in [0.25, 0.3) is 0 Å². The van der Waals surface area contributed by atoms with Crippen molar-refractivity contribution in [1.29, 1.82) is 0 Å². The molecule has 1 fully saturated rings. The van der Waals surface area contributed by atoms with Crippen molar-refractivity contribution in [3.8, 4) is 0 Å². The van der Waals surface area contributed by atoms with E-state index in [0.29, 0.717) is 5.69 Å².